The van der Waals surface area contributed by atoms with Crippen LogP contribution < -0.4 is 15.4 Å². The predicted octanol–water partition coefficient (Wildman–Crippen LogP) is 1.75. The average molecular weight is 385 g/mol. The third kappa shape index (κ3) is 7.14. The summed E-state index contributed by atoms with van der Waals surface area (Å²) in [5.41, 5.74) is 0. The van der Waals surface area contributed by atoms with Gasteiger partial charge in [-0.15, -0.1) is 0 Å². The van der Waals surface area contributed by atoms with E-state index in [1.165, 1.54) is 0 Å². The molecule has 1 aliphatic carbocycles. The number of amides is 3. The van der Waals surface area contributed by atoms with Crippen LogP contribution in [0.5, 0.6) is 5.75 Å². The van der Waals surface area contributed by atoms with Gasteiger partial charge in [0.05, 0.1) is 13.0 Å². The van der Waals surface area contributed by atoms with Crippen molar-refractivity contribution in [2.24, 2.45) is 0 Å². The number of carbonyl (C=O) groups is 3. The van der Waals surface area contributed by atoms with Gasteiger partial charge in [0.15, 0.2) is 6.61 Å². The van der Waals surface area contributed by atoms with Gasteiger partial charge >= 0.3 is 12.0 Å². The van der Waals surface area contributed by atoms with Crippen molar-refractivity contribution in [1.29, 1.82) is 0 Å². The first-order valence-electron chi connectivity index (χ1n) is 7.17. The highest BCUT2D eigenvalue weighted by molar-refractivity contribution is 9.10. The molecule has 0 radical (unpaired) electrons. The fourth-order valence-electron chi connectivity index (χ4n) is 1.64. The number of urea groups is 1. The van der Waals surface area contributed by atoms with Gasteiger partial charge in [-0.05, 0) is 31.0 Å². The molecule has 8 heteroatoms. The molecule has 0 unspecified atom stereocenters. The highest BCUT2D eigenvalue weighted by Gasteiger charge is 2.24. The molecule has 1 aliphatic rings. The van der Waals surface area contributed by atoms with Crippen LogP contribution in [0.2, 0.25) is 0 Å². The molecular formula is C15H17BrN2O5. The Balaban J connectivity index is 1.57. The van der Waals surface area contributed by atoms with Gasteiger partial charge in [0, 0.05) is 10.5 Å². The standard InChI is InChI=1S/C15H17BrN2O5/c16-10-2-1-3-12(8-10)22-7-6-14(20)23-9-13(19)18-15(21)17-11-4-5-11/h1-3,8,11H,4-7,9H2,(H2,17,18,19,21). The van der Waals surface area contributed by atoms with Crippen molar-refractivity contribution in [3.8, 4) is 5.75 Å². The summed E-state index contributed by atoms with van der Waals surface area (Å²) in [5.74, 6) is -0.608. The molecule has 0 aliphatic heterocycles. The van der Waals surface area contributed by atoms with Crippen LogP contribution >= 0.6 is 15.9 Å². The van der Waals surface area contributed by atoms with E-state index < -0.39 is 24.5 Å². The van der Waals surface area contributed by atoms with E-state index in [2.05, 4.69) is 26.6 Å². The van der Waals surface area contributed by atoms with Crippen molar-refractivity contribution in [1.82, 2.24) is 10.6 Å². The fourth-order valence-corrected chi connectivity index (χ4v) is 2.02. The lowest BCUT2D eigenvalue weighted by molar-refractivity contribution is -0.148. The zero-order chi connectivity index (χ0) is 16.7. The van der Waals surface area contributed by atoms with Gasteiger partial charge in [-0.3, -0.25) is 14.9 Å². The Morgan fingerprint density at radius 1 is 1.26 bits per heavy atom. The number of benzene rings is 1. The van der Waals surface area contributed by atoms with Crippen molar-refractivity contribution in [3.05, 3.63) is 28.7 Å². The van der Waals surface area contributed by atoms with Gasteiger partial charge in [-0.25, -0.2) is 4.79 Å². The van der Waals surface area contributed by atoms with Crippen molar-refractivity contribution < 1.29 is 23.9 Å². The third-order valence-corrected chi connectivity index (χ3v) is 3.39. The van der Waals surface area contributed by atoms with E-state index in [0.29, 0.717) is 5.75 Å². The van der Waals surface area contributed by atoms with Crippen LogP contribution in [-0.2, 0) is 14.3 Å². The summed E-state index contributed by atoms with van der Waals surface area (Å²) in [5, 5.41) is 4.69. The summed E-state index contributed by atoms with van der Waals surface area (Å²) >= 11 is 3.31. The van der Waals surface area contributed by atoms with E-state index in [4.69, 9.17) is 9.47 Å². The summed E-state index contributed by atoms with van der Waals surface area (Å²) in [4.78, 5) is 34.2. The minimum absolute atomic E-state index is 0.00800. The van der Waals surface area contributed by atoms with E-state index in [-0.39, 0.29) is 19.1 Å². The Hall–Kier alpha value is -2.09. The molecule has 0 heterocycles. The first-order chi connectivity index (χ1) is 11.0. The fraction of sp³-hybridized carbons (Fsp3) is 0.400. The van der Waals surface area contributed by atoms with Crippen LogP contribution in [0.4, 0.5) is 4.79 Å². The molecule has 7 nitrogen and oxygen atoms in total. The summed E-state index contributed by atoms with van der Waals surface area (Å²) in [7, 11) is 0. The lowest BCUT2D eigenvalue weighted by atomic mass is 10.3. The van der Waals surface area contributed by atoms with Crippen molar-refractivity contribution >= 4 is 33.8 Å². The number of esters is 1. The number of imide groups is 1. The third-order valence-electron chi connectivity index (χ3n) is 2.90. The van der Waals surface area contributed by atoms with Crippen LogP contribution in [0.3, 0.4) is 0 Å². The molecule has 3 amide bonds. The summed E-state index contributed by atoms with van der Waals surface area (Å²) in [6, 6.07) is 6.81. The molecule has 0 spiro atoms. The number of carbonyl (C=O) groups excluding carboxylic acids is 3. The maximum atomic E-state index is 11.5. The smallest absolute Gasteiger partial charge is 0.321 e. The first kappa shape index (κ1) is 17.3. The minimum Gasteiger partial charge on any atom is -0.493 e. The van der Waals surface area contributed by atoms with Crippen molar-refractivity contribution in [2.45, 2.75) is 25.3 Å². The number of ether oxygens (including phenoxy) is 2. The lowest BCUT2D eigenvalue weighted by Crippen LogP contribution is -2.42. The molecule has 1 fully saturated rings. The summed E-state index contributed by atoms with van der Waals surface area (Å²) in [6.45, 7) is -0.354. The topological polar surface area (TPSA) is 93.7 Å². The summed E-state index contributed by atoms with van der Waals surface area (Å²) in [6.07, 6.45) is 1.86. The molecule has 1 saturated carbocycles. The highest BCUT2D eigenvalue weighted by Crippen LogP contribution is 2.18. The Kier molecular flexibility index (Phi) is 6.40. The van der Waals surface area contributed by atoms with Gasteiger partial charge in [-0.2, -0.15) is 0 Å². The van der Waals surface area contributed by atoms with E-state index >= 15 is 0 Å². The van der Waals surface area contributed by atoms with Crippen LogP contribution in [0.25, 0.3) is 0 Å². The second kappa shape index (κ2) is 8.52. The van der Waals surface area contributed by atoms with E-state index in [1.54, 1.807) is 12.1 Å². The highest BCUT2D eigenvalue weighted by atomic mass is 79.9. The molecule has 0 aromatic heterocycles. The minimum atomic E-state index is -0.663. The molecule has 23 heavy (non-hydrogen) atoms. The van der Waals surface area contributed by atoms with Crippen LogP contribution in [0, 0.1) is 0 Å². The Labute approximate surface area is 141 Å². The van der Waals surface area contributed by atoms with Crippen LogP contribution in [-0.4, -0.2) is 37.2 Å². The van der Waals surface area contributed by atoms with Gasteiger partial charge in [0.2, 0.25) is 0 Å². The Morgan fingerprint density at radius 3 is 2.74 bits per heavy atom. The molecule has 2 rings (SSSR count). The maximum Gasteiger partial charge on any atom is 0.321 e. The molecule has 0 saturated heterocycles. The van der Waals surface area contributed by atoms with Gasteiger partial charge in [0.25, 0.3) is 5.91 Å². The molecule has 1 aromatic carbocycles. The molecular weight excluding hydrogens is 368 g/mol. The molecule has 2 N–H and O–H groups in total. The molecule has 0 atom stereocenters. The van der Waals surface area contributed by atoms with Crippen LogP contribution in [0.1, 0.15) is 19.3 Å². The van der Waals surface area contributed by atoms with Crippen LogP contribution in [0.15, 0.2) is 28.7 Å². The largest absolute Gasteiger partial charge is 0.493 e. The monoisotopic (exact) mass is 384 g/mol. The van der Waals surface area contributed by atoms with Crippen molar-refractivity contribution in [3.63, 3.8) is 0 Å². The maximum absolute atomic E-state index is 11.5. The van der Waals surface area contributed by atoms with Crippen molar-refractivity contribution in [2.75, 3.05) is 13.2 Å². The van der Waals surface area contributed by atoms with E-state index in [1.807, 2.05) is 12.1 Å². The van der Waals surface area contributed by atoms with Gasteiger partial charge in [0.1, 0.15) is 5.75 Å². The predicted molar refractivity (Wildman–Crippen MR) is 84.9 cm³/mol. The van der Waals surface area contributed by atoms with Gasteiger partial charge in [-0.1, -0.05) is 22.0 Å². The normalized spacial score (nSPS) is 13.1. The molecule has 1 aromatic rings. The molecule has 124 valence electrons. The second-order valence-corrected chi connectivity index (χ2v) is 5.93. The summed E-state index contributed by atoms with van der Waals surface area (Å²) < 4.78 is 11.0. The number of hydrogen-bond acceptors (Lipinski definition) is 5. The van der Waals surface area contributed by atoms with E-state index in [0.717, 1.165) is 17.3 Å². The van der Waals surface area contributed by atoms with E-state index in [9.17, 15) is 14.4 Å². The quantitative estimate of drug-likeness (QED) is 0.698. The number of rotatable bonds is 7. The number of nitrogens with one attached hydrogen (secondary N) is 2. The lowest BCUT2D eigenvalue weighted by Gasteiger charge is -2.08. The SMILES string of the molecule is O=C(COC(=O)CCOc1cccc(Br)c1)NC(=O)NC1CC1. The Morgan fingerprint density at radius 2 is 2.04 bits per heavy atom. The molecule has 0 bridgehead atoms. The zero-order valence-electron chi connectivity index (χ0n) is 12.3. The first-order valence-corrected chi connectivity index (χ1v) is 7.96. The second-order valence-electron chi connectivity index (χ2n) is 5.01. The number of halogens is 1. The zero-order valence-corrected chi connectivity index (χ0v) is 13.9. The average Bonchev–Trinajstić information content (AvgIpc) is 3.29. The Bertz CT molecular complexity index is 589. The number of hydrogen-bond donors (Lipinski definition) is 2. The van der Waals surface area contributed by atoms with Gasteiger partial charge < -0.3 is 14.8 Å².